The molecular formula is C15H19FN2S. The molecule has 0 spiro atoms. The van der Waals surface area contributed by atoms with Crippen molar-refractivity contribution in [3.63, 3.8) is 0 Å². The molecule has 1 aromatic heterocycles. The Hall–Kier alpha value is -1.26. The normalized spacial score (nSPS) is 12.6. The Morgan fingerprint density at radius 3 is 2.79 bits per heavy atom. The van der Waals surface area contributed by atoms with Crippen molar-refractivity contribution >= 4 is 11.3 Å². The SMILES string of the molecule is CCNC(Cc1csc(C)n1)c1cccc(C)c1F. The first-order valence-corrected chi connectivity index (χ1v) is 7.39. The molecule has 0 aliphatic carbocycles. The van der Waals surface area contributed by atoms with Crippen molar-refractivity contribution < 1.29 is 4.39 Å². The molecule has 1 atom stereocenters. The molecular weight excluding hydrogens is 259 g/mol. The quantitative estimate of drug-likeness (QED) is 0.900. The molecule has 0 saturated carbocycles. The van der Waals surface area contributed by atoms with Crippen LogP contribution in [0.1, 0.15) is 34.8 Å². The van der Waals surface area contributed by atoms with Gasteiger partial charge in [0, 0.05) is 23.4 Å². The Labute approximate surface area is 117 Å². The van der Waals surface area contributed by atoms with Gasteiger partial charge >= 0.3 is 0 Å². The van der Waals surface area contributed by atoms with Crippen LogP contribution in [0.3, 0.4) is 0 Å². The summed E-state index contributed by atoms with van der Waals surface area (Å²) in [6, 6.07) is 5.54. The third kappa shape index (κ3) is 3.39. The van der Waals surface area contributed by atoms with Crippen LogP contribution in [0.15, 0.2) is 23.6 Å². The zero-order valence-corrected chi connectivity index (χ0v) is 12.4. The summed E-state index contributed by atoms with van der Waals surface area (Å²) in [5, 5.41) is 6.45. The minimum atomic E-state index is -0.111. The van der Waals surface area contributed by atoms with Crippen LogP contribution in [0.2, 0.25) is 0 Å². The van der Waals surface area contributed by atoms with Gasteiger partial charge in [0.1, 0.15) is 5.82 Å². The standard InChI is InChI=1S/C15H19FN2S/c1-4-17-14(8-12-9-19-11(3)18-12)13-7-5-6-10(2)15(13)16/h5-7,9,14,17H,4,8H2,1-3H3. The summed E-state index contributed by atoms with van der Waals surface area (Å²) in [5.74, 6) is -0.111. The van der Waals surface area contributed by atoms with Gasteiger partial charge in [-0.1, -0.05) is 25.1 Å². The van der Waals surface area contributed by atoms with Crippen molar-refractivity contribution in [2.75, 3.05) is 6.54 Å². The molecule has 2 nitrogen and oxygen atoms in total. The summed E-state index contributed by atoms with van der Waals surface area (Å²) in [5.41, 5.74) is 2.44. The lowest BCUT2D eigenvalue weighted by Gasteiger charge is -2.19. The fraction of sp³-hybridized carbons (Fsp3) is 0.400. The third-order valence-electron chi connectivity index (χ3n) is 3.13. The van der Waals surface area contributed by atoms with Gasteiger partial charge in [-0.2, -0.15) is 0 Å². The van der Waals surface area contributed by atoms with Crippen molar-refractivity contribution in [3.8, 4) is 0 Å². The lowest BCUT2D eigenvalue weighted by atomic mass is 9.99. The van der Waals surface area contributed by atoms with Gasteiger partial charge in [0.2, 0.25) is 0 Å². The van der Waals surface area contributed by atoms with E-state index in [2.05, 4.69) is 10.3 Å². The van der Waals surface area contributed by atoms with E-state index in [-0.39, 0.29) is 11.9 Å². The minimum absolute atomic E-state index is 0.0219. The lowest BCUT2D eigenvalue weighted by Crippen LogP contribution is -2.24. The van der Waals surface area contributed by atoms with Gasteiger partial charge in [0.05, 0.1) is 10.7 Å². The van der Waals surface area contributed by atoms with E-state index in [1.165, 1.54) is 0 Å². The van der Waals surface area contributed by atoms with E-state index in [0.717, 1.165) is 29.2 Å². The maximum absolute atomic E-state index is 14.2. The molecule has 1 unspecified atom stereocenters. The zero-order chi connectivity index (χ0) is 13.8. The van der Waals surface area contributed by atoms with E-state index in [1.807, 2.05) is 31.4 Å². The second-order valence-electron chi connectivity index (χ2n) is 4.65. The smallest absolute Gasteiger partial charge is 0.130 e. The Morgan fingerprint density at radius 2 is 2.16 bits per heavy atom. The second-order valence-corrected chi connectivity index (χ2v) is 5.71. The number of likely N-dealkylation sites (N-methyl/N-ethyl adjacent to an activating group) is 1. The number of aryl methyl sites for hydroxylation is 2. The average molecular weight is 278 g/mol. The van der Waals surface area contributed by atoms with Crippen LogP contribution in [-0.4, -0.2) is 11.5 Å². The van der Waals surface area contributed by atoms with E-state index in [0.29, 0.717) is 5.56 Å². The van der Waals surface area contributed by atoms with Gasteiger partial charge in [-0.05, 0) is 26.0 Å². The molecule has 102 valence electrons. The van der Waals surface area contributed by atoms with Gasteiger partial charge in [-0.3, -0.25) is 0 Å². The highest BCUT2D eigenvalue weighted by Crippen LogP contribution is 2.23. The van der Waals surface area contributed by atoms with Gasteiger partial charge < -0.3 is 5.32 Å². The number of halogens is 1. The van der Waals surface area contributed by atoms with E-state index in [9.17, 15) is 4.39 Å². The molecule has 0 aliphatic rings. The van der Waals surface area contributed by atoms with Gasteiger partial charge in [-0.15, -0.1) is 11.3 Å². The van der Waals surface area contributed by atoms with Crippen molar-refractivity contribution in [1.82, 2.24) is 10.3 Å². The van der Waals surface area contributed by atoms with Gasteiger partial charge in [-0.25, -0.2) is 9.37 Å². The number of hydrogen-bond donors (Lipinski definition) is 1. The second kappa shape index (κ2) is 6.26. The summed E-state index contributed by atoms with van der Waals surface area (Å²) in [4.78, 5) is 4.47. The summed E-state index contributed by atoms with van der Waals surface area (Å²) in [6.45, 7) is 6.63. The van der Waals surface area contributed by atoms with Crippen molar-refractivity contribution in [2.24, 2.45) is 0 Å². The first-order chi connectivity index (χ1) is 9.11. The molecule has 2 aromatic rings. The predicted octanol–water partition coefficient (Wildman–Crippen LogP) is 3.79. The number of nitrogens with zero attached hydrogens (tertiary/aromatic N) is 1. The maximum atomic E-state index is 14.2. The topological polar surface area (TPSA) is 24.9 Å². The molecule has 2 rings (SSSR count). The Kier molecular flexibility index (Phi) is 4.66. The number of thiazole rings is 1. The molecule has 0 radical (unpaired) electrons. The van der Waals surface area contributed by atoms with Crippen LogP contribution in [0, 0.1) is 19.7 Å². The Balaban J connectivity index is 2.26. The monoisotopic (exact) mass is 278 g/mol. The van der Waals surface area contributed by atoms with Crippen molar-refractivity contribution in [2.45, 2.75) is 33.2 Å². The lowest BCUT2D eigenvalue weighted by molar-refractivity contribution is 0.504. The molecule has 1 N–H and O–H groups in total. The molecule has 0 aliphatic heterocycles. The van der Waals surface area contributed by atoms with Crippen molar-refractivity contribution in [3.05, 3.63) is 51.2 Å². The van der Waals surface area contributed by atoms with E-state index >= 15 is 0 Å². The van der Waals surface area contributed by atoms with Crippen LogP contribution in [0.25, 0.3) is 0 Å². The number of aromatic nitrogens is 1. The van der Waals surface area contributed by atoms with Crippen LogP contribution >= 0.6 is 11.3 Å². The molecule has 4 heteroatoms. The van der Waals surface area contributed by atoms with E-state index in [4.69, 9.17) is 0 Å². The predicted molar refractivity (Wildman–Crippen MR) is 78.1 cm³/mol. The molecule has 0 bridgehead atoms. The fourth-order valence-corrected chi connectivity index (χ4v) is 2.81. The molecule has 0 saturated heterocycles. The maximum Gasteiger partial charge on any atom is 0.130 e. The first-order valence-electron chi connectivity index (χ1n) is 6.51. The van der Waals surface area contributed by atoms with Crippen molar-refractivity contribution in [1.29, 1.82) is 0 Å². The molecule has 1 aromatic carbocycles. The van der Waals surface area contributed by atoms with Gasteiger partial charge in [0.15, 0.2) is 0 Å². The van der Waals surface area contributed by atoms with E-state index in [1.54, 1.807) is 24.3 Å². The van der Waals surface area contributed by atoms with Crippen LogP contribution in [0.4, 0.5) is 4.39 Å². The van der Waals surface area contributed by atoms with Gasteiger partial charge in [0.25, 0.3) is 0 Å². The van der Waals surface area contributed by atoms with Crippen LogP contribution < -0.4 is 5.32 Å². The number of hydrogen-bond acceptors (Lipinski definition) is 3. The first kappa shape index (κ1) is 14.2. The molecule has 0 fully saturated rings. The Bertz CT molecular complexity index is 551. The summed E-state index contributed by atoms with van der Waals surface area (Å²) >= 11 is 1.63. The summed E-state index contributed by atoms with van der Waals surface area (Å²) in [7, 11) is 0. The van der Waals surface area contributed by atoms with Crippen LogP contribution in [0.5, 0.6) is 0 Å². The largest absolute Gasteiger partial charge is 0.310 e. The molecule has 19 heavy (non-hydrogen) atoms. The van der Waals surface area contributed by atoms with Crippen LogP contribution in [-0.2, 0) is 6.42 Å². The summed E-state index contributed by atoms with van der Waals surface area (Å²) in [6.07, 6.45) is 0.721. The highest BCUT2D eigenvalue weighted by atomic mass is 32.1. The zero-order valence-electron chi connectivity index (χ0n) is 11.5. The van der Waals surface area contributed by atoms with E-state index < -0.39 is 0 Å². The average Bonchev–Trinajstić information content (AvgIpc) is 2.78. The molecule has 0 amide bonds. The third-order valence-corrected chi connectivity index (χ3v) is 3.95. The number of nitrogens with one attached hydrogen (secondary N) is 1. The Morgan fingerprint density at radius 1 is 1.37 bits per heavy atom. The summed E-state index contributed by atoms with van der Waals surface area (Å²) < 4.78 is 14.2. The minimum Gasteiger partial charge on any atom is -0.310 e. The number of rotatable bonds is 5. The number of benzene rings is 1. The highest BCUT2D eigenvalue weighted by Gasteiger charge is 2.17. The highest BCUT2D eigenvalue weighted by molar-refractivity contribution is 7.09. The molecule has 1 heterocycles. The fourth-order valence-electron chi connectivity index (χ4n) is 2.19.